The summed E-state index contributed by atoms with van der Waals surface area (Å²) in [5, 5.41) is 0.304. The summed E-state index contributed by atoms with van der Waals surface area (Å²) in [6.07, 6.45) is -4.27. The molecule has 0 aliphatic rings. The van der Waals surface area contributed by atoms with E-state index in [1.165, 1.54) is 12.1 Å². The van der Waals surface area contributed by atoms with Crippen LogP contribution in [0.25, 0.3) is 0 Å². The Kier molecular flexibility index (Phi) is 3.87. The van der Waals surface area contributed by atoms with Crippen LogP contribution >= 0.6 is 24.0 Å². The molecule has 0 aliphatic heterocycles. The molecule has 0 atom stereocenters. The van der Waals surface area contributed by atoms with Crippen molar-refractivity contribution in [2.75, 3.05) is 0 Å². The van der Waals surface area contributed by atoms with Gasteiger partial charge in [0, 0.05) is 5.02 Å². The molecule has 0 aromatic heterocycles. The number of alkyl halides is 3. The van der Waals surface area contributed by atoms with E-state index in [9.17, 15) is 13.2 Å². The molecule has 0 N–H and O–H groups in total. The number of halogens is 5. The fourth-order valence-electron chi connectivity index (χ4n) is 0.639. The van der Waals surface area contributed by atoms with E-state index in [1.807, 2.05) is 0 Å². The van der Waals surface area contributed by atoms with Crippen LogP contribution in [0.1, 0.15) is 5.56 Å². The third-order valence-corrected chi connectivity index (χ3v) is 1.42. The summed E-state index contributed by atoms with van der Waals surface area (Å²) in [5.41, 5.74) is -0.679. The molecule has 1 aromatic rings. The van der Waals surface area contributed by atoms with Gasteiger partial charge in [-0.05, 0) is 24.3 Å². The van der Waals surface area contributed by atoms with Crippen molar-refractivity contribution in [3.8, 4) is 0 Å². The van der Waals surface area contributed by atoms with E-state index in [2.05, 4.69) is 0 Å². The molecule has 0 saturated heterocycles. The molecule has 1 rings (SSSR count). The van der Waals surface area contributed by atoms with Crippen LogP contribution in [0.5, 0.6) is 0 Å². The summed E-state index contributed by atoms with van der Waals surface area (Å²) in [6, 6.07) is 4.32. The first-order valence-electron chi connectivity index (χ1n) is 2.83. The summed E-state index contributed by atoms with van der Waals surface area (Å²) in [7, 11) is 0. The Morgan fingerprint density at radius 2 is 1.42 bits per heavy atom. The standard InChI is InChI=1S/C7H4ClF3.ClH/c8-6-3-1-5(2-4-6)7(9,10)11;/h1-4H;1H. The lowest BCUT2D eigenvalue weighted by Crippen LogP contribution is -2.03. The van der Waals surface area contributed by atoms with Crippen molar-refractivity contribution in [1.29, 1.82) is 0 Å². The predicted molar refractivity (Wildman–Crippen MR) is 43.7 cm³/mol. The minimum atomic E-state index is -4.27. The molecular weight excluding hydrogens is 212 g/mol. The highest BCUT2D eigenvalue weighted by Crippen LogP contribution is 2.29. The normalized spacial score (nSPS) is 10.7. The third-order valence-electron chi connectivity index (χ3n) is 1.17. The van der Waals surface area contributed by atoms with Crippen LogP contribution in [0.3, 0.4) is 0 Å². The van der Waals surface area contributed by atoms with Gasteiger partial charge in [-0.15, -0.1) is 12.4 Å². The fourth-order valence-corrected chi connectivity index (χ4v) is 0.765. The van der Waals surface area contributed by atoms with Crippen LogP contribution in [0, 0.1) is 0 Å². The van der Waals surface area contributed by atoms with Gasteiger partial charge in [0.25, 0.3) is 0 Å². The Bertz CT molecular complexity index is 240. The minimum absolute atomic E-state index is 0. The van der Waals surface area contributed by atoms with Crippen LogP contribution in [0.15, 0.2) is 24.3 Å². The van der Waals surface area contributed by atoms with Gasteiger partial charge < -0.3 is 0 Å². The zero-order chi connectivity index (χ0) is 8.48. The van der Waals surface area contributed by atoms with E-state index in [-0.39, 0.29) is 12.4 Å². The van der Waals surface area contributed by atoms with E-state index in [4.69, 9.17) is 11.6 Å². The Morgan fingerprint density at radius 3 is 1.75 bits per heavy atom. The number of hydrogen-bond acceptors (Lipinski definition) is 0. The maximum atomic E-state index is 11.9. The molecule has 5 heteroatoms. The van der Waals surface area contributed by atoms with Gasteiger partial charge in [-0.2, -0.15) is 13.2 Å². The molecule has 0 aliphatic carbocycles. The topological polar surface area (TPSA) is 0 Å². The van der Waals surface area contributed by atoms with Crippen molar-refractivity contribution in [2.45, 2.75) is 6.18 Å². The second-order valence-corrected chi connectivity index (χ2v) is 2.44. The van der Waals surface area contributed by atoms with E-state index < -0.39 is 11.7 Å². The van der Waals surface area contributed by atoms with Gasteiger partial charge in [-0.1, -0.05) is 11.6 Å². The van der Waals surface area contributed by atoms with Gasteiger partial charge in [0.2, 0.25) is 0 Å². The molecule has 0 amide bonds. The zero-order valence-corrected chi connectivity index (χ0v) is 7.30. The van der Waals surface area contributed by atoms with E-state index in [0.29, 0.717) is 5.02 Å². The van der Waals surface area contributed by atoms with Crippen molar-refractivity contribution in [2.24, 2.45) is 0 Å². The number of hydrogen-bond donors (Lipinski definition) is 0. The average Bonchev–Trinajstić information content (AvgIpc) is 1.86. The summed E-state index contributed by atoms with van der Waals surface area (Å²) in [4.78, 5) is 0. The first kappa shape index (κ1) is 11.6. The molecule has 1 aromatic carbocycles. The summed E-state index contributed by atoms with van der Waals surface area (Å²) in [6.45, 7) is 0. The van der Waals surface area contributed by atoms with Gasteiger partial charge in [-0.25, -0.2) is 0 Å². The van der Waals surface area contributed by atoms with Gasteiger partial charge in [0.05, 0.1) is 5.56 Å². The maximum Gasteiger partial charge on any atom is 0.416 e. The van der Waals surface area contributed by atoms with Crippen molar-refractivity contribution in [3.63, 3.8) is 0 Å². The summed E-state index contributed by atoms with van der Waals surface area (Å²) < 4.78 is 35.6. The Hall–Kier alpha value is -0.410. The summed E-state index contributed by atoms with van der Waals surface area (Å²) >= 11 is 5.39. The van der Waals surface area contributed by atoms with E-state index in [0.717, 1.165) is 12.1 Å². The highest BCUT2D eigenvalue weighted by Gasteiger charge is 2.29. The predicted octanol–water partition coefficient (Wildman–Crippen LogP) is 3.78. The first-order chi connectivity index (χ1) is 5.00. The fraction of sp³-hybridized carbons (Fsp3) is 0.143. The third kappa shape index (κ3) is 2.91. The lowest BCUT2D eigenvalue weighted by atomic mass is 10.2. The molecule has 0 fully saturated rings. The average molecular weight is 217 g/mol. The van der Waals surface area contributed by atoms with Crippen molar-refractivity contribution < 1.29 is 13.2 Å². The van der Waals surface area contributed by atoms with E-state index >= 15 is 0 Å². The van der Waals surface area contributed by atoms with Crippen LogP contribution in [-0.2, 0) is 6.18 Å². The molecule has 0 nitrogen and oxygen atoms in total. The maximum absolute atomic E-state index is 11.9. The Morgan fingerprint density at radius 1 is 1.00 bits per heavy atom. The first-order valence-corrected chi connectivity index (χ1v) is 3.21. The van der Waals surface area contributed by atoms with Crippen LogP contribution in [0.4, 0.5) is 13.2 Å². The number of rotatable bonds is 0. The highest BCUT2D eigenvalue weighted by molar-refractivity contribution is 6.30. The monoisotopic (exact) mass is 216 g/mol. The smallest absolute Gasteiger partial charge is 0.166 e. The van der Waals surface area contributed by atoms with Gasteiger partial charge >= 0.3 is 6.18 Å². The Balaban J connectivity index is 0.00000121. The van der Waals surface area contributed by atoms with Crippen LogP contribution in [-0.4, -0.2) is 0 Å². The molecule has 0 radical (unpaired) electrons. The van der Waals surface area contributed by atoms with Crippen molar-refractivity contribution >= 4 is 24.0 Å². The molecule has 0 saturated carbocycles. The highest BCUT2D eigenvalue weighted by atomic mass is 35.5. The lowest BCUT2D eigenvalue weighted by Gasteiger charge is -2.04. The minimum Gasteiger partial charge on any atom is -0.166 e. The molecule has 0 bridgehead atoms. The van der Waals surface area contributed by atoms with Crippen LogP contribution < -0.4 is 0 Å². The second-order valence-electron chi connectivity index (χ2n) is 2.00. The quantitative estimate of drug-likeness (QED) is 0.620. The largest absolute Gasteiger partial charge is 0.416 e. The lowest BCUT2D eigenvalue weighted by molar-refractivity contribution is -0.137. The second kappa shape index (κ2) is 4.01. The van der Waals surface area contributed by atoms with Gasteiger partial charge in [-0.3, -0.25) is 0 Å². The molecule has 68 valence electrons. The molecular formula is C7H5Cl2F3. The molecule has 0 unspecified atom stereocenters. The summed E-state index contributed by atoms with van der Waals surface area (Å²) in [5.74, 6) is 0. The molecule has 12 heavy (non-hydrogen) atoms. The number of benzene rings is 1. The Labute approximate surface area is 78.7 Å². The van der Waals surface area contributed by atoms with Gasteiger partial charge in [0.15, 0.2) is 0 Å². The molecule has 0 spiro atoms. The van der Waals surface area contributed by atoms with Gasteiger partial charge in [0.1, 0.15) is 0 Å². The zero-order valence-electron chi connectivity index (χ0n) is 5.73. The van der Waals surface area contributed by atoms with Crippen LogP contribution in [0.2, 0.25) is 5.02 Å². The van der Waals surface area contributed by atoms with E-state index in [1.54, 1.807) is 0 Å². The SMILES string of the molecule is Cl.FC(F)(F)c1ccc(Cl)cc1. The van der Waals surface area contributed by atoms with Crippen molar-refractivity contribution in [3.05, 3.63) is 34.9 Å². The van der Waals surface area contributed by atoms with Crippen molar-refractivity contribution in [1.82, 2.24) is 0 Å². The molecule has 0 heterocycles.